The van der Waals surface area contributed by atoms with Crippen LogP contribution >= 0.6 is 0 Å². The van der Waals surface area contributed by atoms with E-state index in [0.717, 1.165) is 0 Å². The van der Waals surface area contributed by atoms with Crippen molar-refractivity contribution in [2.45, 2.75) is 33.3 Å². The van der Waals surface area contributed by atoms with E-state index in [1.54, 1.807) is 39.8 Å². The van der Waals surface area contributed by atoms with Crippen LogP contribution in [0.25, 0.3) is 0 Å². The first-order valence-corrected chi connectivity index (χ1v) is 5.45. The summed E-state index contributed by atoms with van der Waals surface area (Å²) in [5.74, 6) is 0. The molecule has 6 nitrogen and oxygen atoms in total. The predicted octanol–water partition coefficient (Wildman–Crippen LogP) is 3.25. The van der Waals surface area contributed by atoms with Crippen molar-refractivity contribution in [1.82, 2.24) is 0 Å². The summed E-state index contributed by atoms with van der Waals surface area (Å²) in [6.07, 6.45) is -0.712. The minimum absolute atomic E-state index is 0.122. The molecule has 1 aromatic rings. The highest BCUT2D eigenvalue weighted by Gasteiger charge is 2.21. The molecule has 1 N–H and O–H groups in total. The second-order valence-corrected chi connectivity index (χ2v) is 4.86. The molecule has 1 aromatic carbocycles. The van der Waals surface area contributed by atoms with Gasteiger partial charge in [-0.3, -0.25) is 15.4 Å². The molecule has 98 valence electrons. The Morgan fingerprint density at radius 2 is 2.00 bits per heavy atom. The van der Waals surface area contributed by atoms with E-state index >= 15 is 0 Å². The molecule has 6 heteroatoms. The number of nitro groups is 1. The van der Waals surface area contributed by atoms with Crippen molar-refractivity contribution in [3.8, 4) is 0 Å². The van der Waals surface area contributed by atoms with E-state index < -0.39 is 16.6 Å². The Morgan fingerprint density at radius 1 is 1.39 bits per heavy atom. The number of hydrogen-bond acceptors (Lipinski definition) is 4. The normalized spacial score (nSPS) is 10.9. The van der Waals surface area contributed by atoms with Gasteiger partial charge in [-0.05, 0) is 33.8 Å². The van der Waals surface area contributed by atoms with Crippen molar-refractivity contribution in [3.05, 3.63) is 33.9 Å². The van der Waals surface area contributed by atoms with Crippen LogP contribution < -0.4 is 5.32 Å². The van der Waals surface area contributed by atoms with E-state index in [4.69, 9.17) is 4.74 Å². The highest BCUT2D eigenvalue weighted by atomic mass is 16.6. The van der Waals surface area contributed by atoms with Gasteiger partial charge < -0.3 is 4.74 Å². The Morgan fingerprint density at radius 3 is 2.50 bits per heavy atom. The number of aryl methyl sites for hydroxylation is 1. The molecular formula is C12H16N2O4. The number of amides is 1. The van der Waals surface area contributed by atoms with Gasteiger partial charge in [-0.15, -0.1) is 0 Å². The number of carbonyl (C=O) groups excluding carboxylic acids is 1. The standard InChI is InChI=1S/C12H16N2O4/c1-8-6-5-7-9(10(8)14(16)17)13-11(15)18-12(2,3)4/h5-7H,1-4H3,(H,13,15). The minimum atomic E-state index is -0.712. The van der Waals surface area contributed by atoms with E-state index in [2.05, 4.69) is 5.32 Å². The Labute approximate surface area is 105 Å². The molecule has 0 aromatic heterocycles. The van der Waals surface area contributed by atoms with Gasteiger partial charge in [-0.1, -0.05) is 12.1 Å². The minimum Gasteiger partial charge on any atom is -0.444 e. The molecule has 0 aliphatic heterocycles. The fourth-order valence-corrected chi connectivity index (χ4v) is 1.42. The van der Waals surface area contributed by atoms with Crippen LogP contribution in [0.2, 0.25) is 0 Å². The molecule has 0 saturated heterocycles. The van der Waals surface area contributed by atoms with Gasteiger partial charge in [-0.25, -0.2) is 4.79 Å². The zero-order chi connectivity index (χ0) is 13.9. The molecule has 0 spiro atoms. The fraction of sp³-hybridized carbons (Fsp3) is 0.417. The third-order valence-electron chi connectivity index (χ3n) is 2.06. The zero-order valence-electron chi connectivity index (χ0n) is 10.8. The van der Waals surface area contributed by atoms with Crippen molar-refractivity contribution < 1.29 is 14.5 Å². The number of nitrogens with one attached hydrogen (secondary N) is 1. The molecule has 0 fully saturated rings. The van der Waals surface area contributed by atoms with Crippen LogP contribution in [0.15, 0.2) is 18.2 Å². The molecule has 18 heavy (non-hydrogen) atoms. The Kier molecular flexibility index (Phi) is 3.90. The number of hydrogen-bond donors (Lipinski definition) is 1. The first-order valence-electron chi connectivity index (χ1n) is 5.45. The molecule has 0 aliphatic carbocycles. The van der Waals surface area contributed by atoms with Gasteiger partial charge in [0.25, 0.3) is 5.69 Å². The summed E-state index contributed by atoms with van der Waals surface area (Å²) < 4.78 is 5.04. The van der Waals surface area contributed by atoms with Crippen molar-refractivity contribution in [2.75, 3.05) is 5.32 Å². The van der Waals surface area contributed by atoms with Gasteiger partial charge in [0.15, 0.2) is 0 Å². The lowest BCUT2D eigenvalue weighted by atomic mass is 10.1. The first-order chi connectivity index (χ1) is 8.20. The fourth-order valence-electron chi connectivity index (χ4n) is 1.42. The second-order valence-electron chi connectivity index (χ2n) is 4.86. The van der Waals surface area contributed by atoms with Crippen molar-refractivity contribution in [1.29, 1.82) is 0 Å². The summed E-state index contributed by atoms with van der Waals surface area (Å²) in [4.78, 5) is 22.0. The van der Waals surface area contributed by atoms with Crippen LogP contribution in [0.3, 0.4) is 0 Å². The van der Waals surface area contributed by atoms with Crippen LogP contribution in [-0.4, -0.2) is 16.6 Å². The quantitative estimate of drug-likeness (QED) is 0.647. The molecule has 0 saturated carbocycles. The molecule has 1 amide bonds. The summed E-state index contributed by atoms with van der Waals surface area (Å²) >= 11 is 0. The zero-order valence-corrected chi connectivity index (χ0v) is 10.8. The topological polar surface area (TPSA) is 81.5 Å². The van der Waals surface area contributed by atoms with Crippen LogP contribution in [0.1, 0.15) is 26.3 Å². The van der Waals surface area contributed by atoms with Gasteiger partial charge in [0, 0.05) is 5.56 Å². The number of nitrogens with zero attached hydrogens (tertiary/aromatic N) is 1. The predicted molar refractivity (Wildman–Crippen MR) is 67.7 cm³/mol. The second kappa shape index (κ2) is 5.03. The number of para-hydroxylation sites is 1. The van der Waals surface area contributed by atoms with Gasteiger partial charge in [0.05, 0.1) is 4.92 Å². The lowest BCUT2D eigenvalue weighted by molar-refractivity contribution is -0.384. The summed E-state index contributed by atoms with van der Waals surface area (Å²) in [6, 6.07) is 4.71. The van der Waals surface area contributed by atoms with Crippen LogP contribution in [0.4, 0.5) is 16.2 Å². The Balaban J connectivity index is 2.95. The summed E-state index contributed by atoms with van der Waals surface area (Å²) in [5.41, 5.74) is -0.158. The van der Waals surface area contributed by atoms with E-state index in [1.165, 1.54) is 6.07 Å². The Bertz CT molecular complexity index is 477. The first kappa shape index (κ1) is 14.0. The lowest BCUT2D eigenvalue weighted by Crippen LogP contribution is -2.27. The highest BCUT2D eigenvalue weighted by Crippen LogP contribution is 2.28. The average molecular weight is 252 g/mol. The van der Waals surface area contributed by atoms with E-state index in [0.29, 0.717) is 5.56 Å². The number of carbonyl (C=O) groups is 1. The third-order valence-corrected chi connectivity index (χ3v) is 2.06. The molecule has 0 atom stereocenters. The summed E-state index contributed by atoms with van der Waals surface area (Å²) in [7, 11) is 0. The largest absolute Gasteiger partial charge is 0.444 e. The number of nitro benzene ring substituents is 1. The number of ether oxygens (including phenoxy) is 1. The molecule has 0 heterocycles. The summed E-state index contributed by atoms with van der Waals surface area (Å²) in [6.45, 7) is 6.77. The van der Waals surface area contributed by atoms with Crippen LogP contribution in [0, 0.1) is 17.0 Å². The van der Waals surface area contributed by atoms with Crippen LogP contribution in [-0.2, 0) is 4.74 Å². The van der Waals surface area contributed by atoms with Gasteiger partial charge in [-0.2, -0.15) is 0 Å². The number of rotatable bonds is 2. The van der Waals surface area contributed by atoms with Gasteiger partial charge in [0.1, 0.15) is 11.3 Å². The third kappa shape index (κ3) is 3.73. The number of benzene rings is 1. The van der Waals surface area contributed by atoms with E-state index in [9.17, 15) is 14.9 Å². The van der Waals surface area contributed by atoms with Gasteiger partial charge >= 0.3 is 6.09 Å². The SMILES string of the molecule is Cc1cccc(NC(=O)OC(C)(C)C)c1[N+](=O)[O-]. The maximum Gasteiger partial charge on any atom is 0.412 e. The van der Waals surface area contributed by atoms with Crippen LogP contribution in [0.5, 0.6) is 0 Å². The molecule has 0 bridgehead atoms. The molecule has 0 radical (unpaired) electrons. The molecule has 1 rings (SSSR count). The summed E-state index contributed by atoms with van der Waals surface area (Å²) in [5, 5.41) is 13.3. The molecule has 0 aliphatic rings. The van der Waals surface area contributed by atoms with Crippen molar-refractivity contribution in [3.63, 3.8) is 0 Å². The average Bonchev–Trinajstić information content (AvgIpc) is 2.13. The van der Waals surface area contributed by atoms with E-state index in [1.807, 2.05) is 0 Å². The maximum absolute atomic E-state index is 11.6. The lowest BCUT2D eigenvalue weighted by Gasteiger charge is -2.19. The van der Waals surface area contributed by atoms with Crippen molar-refractivity contribution >= 4 is 17.5 Å². The van der Waals surface area contributed by atoms with Crippen molar-refractivity contribution in [2.24, 2.45) is 0 Å². The highest BCUT2D eigenvalue weighted by molar-refractivity contribution is 5.88. The molecular weight excluding hydrogens is 236 g/mol. The molecule has 0 unspecified atom stereocenters. The monoisotopic (exact) mass is 252 g/mol. The smallest absolute Gasteiger partial charge is 0.412 e. The van der Waals surface area contributed by atoms with Gasteiger partial charge in [0.2, 0.25) is 0 Å². The number of anilines is 1. The maximum atomic E-state index is 11.6. The van der Waals surface area contributed by atoms with E-state index in [-0.39, 0.29) is 11.4 Å². The Hall–Kier alpha value is -2.11.